The number of rotatable bonds is 6. The number of hydrogen-bond donors (Lipinski definition) is 1. The van der Waals surface area contributed by atoms with Crippen molar-refractivity contribution in [3.63, 3.8) is 0 Å². The van der Waals surface area contributed by atoms with Gasteiger partial charge in [0.15, 0.2) is 0 Å². The summed E-state index contributed by atoms with van der Waals surface area (Å²) in [4.78, 5) is 28.4. The molecule has 0 radical (unpaired) electrons. The van der Waals surface area contributed by atoms with Crippen LogP contribution in [0, 0.1) is 0 Å². The Balaban J connectivity index is 1.70. The highest BCUT2D eigenvalue weighted by Crippen LogP contribution is 2.17. The third-order valence-electron chi connectivity index (χ3n) is 3.93. The topological polar surface area (TPSA) is 73.2 Å². The maximum atomic E-state index is 12.3. The van der Waals surface area contributed by atoms with Crippen molar-refractivity contribution in [2.45, 2.75) is 13.1 Å². The summed E-state index contributed by atoms with van der Waals surface area (Å²) >= 11 is 0. The van der Waals surface area contributed by atoms with Crippen LogP contribution in [-0.4, -0.2) is 22.6 Å². The van der Waals surface area contributed by atoms with Crippen LogP contribution in [0.15, 0.2) is 71.8 Å². The van der Waals surface area contributed by atoms with Crippen molar-refractivity contribution in [3.05, 3.63) is 82.9 Å². The van der Waals surface area contributed by atoms with Crippen LogP contribution in [0.4, 0.5) is 0 Å². The third kappa shape index (κ3) is 4.16. The van der Waals surface area contributed by atoms with Crippen LogP contribution in [0.2, 0.25) is 0 Å². The fraction of sp³-hybridized carbons (Fsp3) is 0.150. The van der Waals surface area contributed by atoms with Gasteiger partial charge in [-0.1, -0.05) is 48.5 Å². The molecule has 0 fully saturated rings. The zero-order valence-corrected chi connectivity index (χ0v) is 14.4. The highest BCUT2D eigenvalue weighted by atomic mass is 16.5. The van der Waals surface area contributed by atoms with Gasteiger partial charge in [-0.15, -0.1) is 0 Å². The van der Waals surface area contributed by atoms with E-state index in [0.717, 1.165) is 11.1 Å². The van der Waals surface area contributed by atoms with Gasteiger partial charge in [0.25, 0.3) is 5.56 Å². The van der Waals surface area contributed by atoms with E-state index >= 15 is 0 Å². The number of ether oxygens (including phenoxy) is 1. The molecule has 0 aliphatic rings. The largest absolute Gasteiger partial charge is 0.496 e. The van der Waals surface area contributed by atoms with Gasteiger partial charge < -0.3 is 14.6 Å². The SMILES string of the molecule is COc1ccccc1CNC(=O)Cn1cc(-c2ccccc2)ncc1=O. The quantitative estimate of drug-likeness (QED) is 0.741. The highest BCUT2D eigenvalue weighted by Gasteiger charge is 2.08. The minimum absolute atomic E-state index is 0.0731. The molecular weight excluding hydrogens is 330 g/mol. The molecule has 3 rings (SSSR count). The fourth-order valence-corrected chi connectivity index (χ4v) is 2.58. The smallest absolute Gasteiger partial charge is 0.269 e. The van der Waals surface area contributed by atoms with Crippen molar-refractivity contribution < 1.29 is 9.53 Å². The number of carbonyl (C=O) groups excluding carboxylic acids is 1. The maximum Gasteiger partial charge on any atom is 0.269 e. The maximum absolute atomic E-state index is 12.3. The van der Waals surface area contributed by atoms with Crippen LogP contribution < -0.4 is 15.6 Å². The van der Waals surface area contributed by atoms with Crippen LogP contribution in [0.3, 0.4) is 0 Å². The first-order valence-electron chi connectivity index (χ1n) is 8.18. The minimum atomic E-state index is -0.322. The van der Waals surface area contributed by atoms with Crippen molar-refractivity contribution in [2.75, 3.05) is 7.11 Å². The Bertz CT molecular complexity index is 952. The Hall–Kier alpha value is -3.41. The van der Waals surface area contributed by atoms with Crippen LogP contribution in [0.1, 0.15) is 5.56 Å². The Kier molecular flexibility index (Phi) is 5.43. The molecule has 6 heteroatoms. The van der Waals surface area contributed by atoms with Crippen molar-refractivity contribution >= 4 is 5.91 Å². The summed E-state index contributed by atoms with van der Waals surface area (Å²) in [6, 6.07) is 17.0. The molecule has 0 unspecified atom stereocenters. The summed E-state index contributed by atoms with van der Waals surface area (Å²) in [5, 5.41) is 2.81. The molecule has 0 saturated carbocycles. The summed E-state index contributed by atoms with van der Waals surface area (Å²) < 4.78 is 6.62. The second-order valence-electron chi connectivity index (χ2n) is 5.69. The predicted octanol–water partition coefficient (Wildman–Crippen LogP) is 2.24. The van der Waals surface area contributed by atoms with E-state index in [4.69, 9.17) is 4.74 Å². The Morgan fingerprint density at radius 3 is 2.62 bits per heavy atom. The lowest BCUT2D eigenvalue weighted by atomic mass is 10.2. The van der Waals surface area contributed by atoms with Gasteiger partial charge >= 0.3 is 0 Å². The van der Waals surface area contributed by atoms with E-state index in [9.17, 15) is 9.59 Å². The van der Waals surface area contributed by atoms with Crippen LogP contribution in [0.25, 0.3) is 11.3 Å². The Morgan fingerprint density at radius 2 is 1.85 bits per heavy atom. The minimum Gasteiger partial charge on any atom is -0.496 e. The first kappa shape index (κ1) is 17.4. The molecule has 1 N–H and O–H groups in total. The summed E-state index contributed by atoms with van der Waals surface area (Å²) in [6.45, 7) is 0.255. The first-order chi connectivity index (χ1) is 12.7. The molecule has 3 aromatic rings. The second kappa shape index (κ2) is 8.11. The predicted molar refractivity (Wildman–Crippen MR) is 98.8 cm³/mol. The molecule has 0 bridgehead atoms. The number of carbonyl (C=O) groups is 1. The van der Waals surface area contributed by atoms with Crippen molar-refractivity contribution in [2.24, 2.45) is 0 Å². The summed E-state index contributed by atoms with van der Waals surface area (Å²) in [5.74, 6) is 0.448. The van der Waals surface area contributed by atoms with E-state index in [1.165, 1.54) is 10.8 Å². The van der Waals surface area contributed by atoms with E-state index in [2.05, 4.69) is 10.3 Å². The molecule has 0 aliphatic heterocycles. The highest BCUT2D eigenvalue weighted by molar-refractivity contribution is 5.76. The lowest BCUT2D eigenvalue weighted by Crippen LogP contribution is -2.32. The Morgan fingerprint density at radius 1 is 1.12 bits per heavy atom. The van der Waals surface area contributed by atoms with Gasteiger partial charge in [0.1, 0.15) is 12.3 Å². The number of amides is 1. The van der Waals surface area contributed by atoms with Gasteiger partial charge in [-0.05, 0) is 6.07 Å². The summed E-state index contributed by atoms with van der Waals surface area (Å²) in [6.07, 6.45) is 2.83. The zero-order chi connectivity index (χ0) is 18.4. The molecule has 2 aromatic carbocycles. The third-order valence-corrected chi connectivity index (χ3v) is 3.93. The summed E-state index contributed by atoms with van der Waals surface area (Å²) in [5.41, 5.74) is 2.07. The van der Waals surface area contributed by atoms with Gasteiger partial charge in [-0.3, -0.25) is 9.59 Å². The molecule has 6 nitrogen and oxygen atoms in total. The number of methoxy groups -OCH3 is 1. The van der Waals surface area contributed by atoms with Gasteiger partial charge in [0, 0.05) is 23.9 Å². The standard InChI is InChI=1S/C20H19N3O3/c1-26-18-10-6-5-9-16(18)11-22-19(24)14-23-13-17(21-12-20(23)25)15-7-3-2-4-8-15/h2-10,12-13H,11,14H2,1H3,(H,22,24). The summed E-state index contributed by atoms with van der Waals surface area (Å²) in [7, 11) is 1.59. The molecule has 1 aromatic heterocycles. The monoisotopic (exact) mass is 349 g/mol. The van der Waals surface area contributed by atoms with Gasteiger partial charge in [0.05, 0.1) is 19.0 Å². The van der Waals surface area contributed by atoms with Crippen molar-refractivity contribution in [1.82, 2.24) is 14.9 Å². The number of nitrogens with one attached hydrogen (secondary N) is 1. The van der Waals surface area contributed by atoms with Crippen LogP contribution >= 0.6 is 0 Å². The molecule has 0 spiro atoms. The van der Waals surface area contributed by atoms with E-state index in [1.807, 2.05) is 54.6 Å². The van der Waals surface area contributed by atoms with Gasteiger partial charge in [-0.2, -0.15) is 0 Å². The molecular formula is C20H19N3O3. The van der Waals surface area contributed by atoms with E-state index in [-0.39, 0.29) is 18.0 Å². The van der Waals surface area contributed by atoms with E-state index < -0.39 is 0 Å². The fourth-order valence-electron chi connectivity index (χ4n) is 2.58. The molecule has 0 aliphatic carbocycles. The lowest BCUT2D eigenvalue weighted by molar-refractivity contribution is -0.121. The normalized spacial score (nSPS) is 10.3. The van der Waals surface area contributed by atoms with Crippen molar-refractivity contribution in [3.8, 4) is 17.0 Å². The average Bonchev–Trinajstić information content (AvgIpc) is 2.69. The lowest BCUT2D eigenvalue weighted by Gasteiger charge is -2.11. The number of aromatic nitrogens is 2. The Labute approximate surface area is 151 Å². The molecule has 26 heavy (non-hydrogen) atoms. The molecule has 1 heterocycles. The van der Waals surface area contributed by atoms with Crippen LogP contribution in [0.5, 0.6) is 5.75 Å². The van der Waals surface area contributed by atoms with Crippen molar-refractivity contribution in [1.29, 1.82) is 0 Å². The van der Waals surface area contributed by atoms with E-state index in [0.29, 0.717) is 18.0 Å². The van der Waals surface area contributed by atoms with Crippen LogP contribution in [-0.2, 0) is 17.9 Å². The zero-order valence-electron chi connectivity index (χ0n) is 14.4. The first-order valence-corrected chi connectivity index (χ1v) is 8.18. The molecule has 0 saturated heterocycles. The number of para-hydroxylation sites is 1. The average molecular weight is 349 g/mol. The molecule has 132 valence electrons. The number of benzene rings is 2. The number of nitrogens with zero attached hydrogens (tertiary/aromatic N) is 2. The number of hydrogen-bond acceptors (Lipinski definition) is 4. The molecule has 1 amide bonds. The van der Waals surface area contributed by atoms with Gasteiger partial charge in [0.2, 0.25) is 5.91 Å². The van der Waals surface area contributed by atoms with Gasteiger partial charge in [-0.25, -0.2) is 4.98 Å². The second-order valence-corrected chi connectivity index (χ2v) is 5.69. The van der Waals surface area contributed by atoms with E-state index in [1.54, 1.807) is 13.3 Å². The molecule has 0 atom stereocenters.